The van der Waals surface area contributed by atoms with Crippen LogP contribution < -0.4 is 28.4 Å². The monoisotopic (exact) mass is 1980 g/mol. The third-order valence-electron chi connectivity index (χ3n) is 29.2. The van der Waals surface area contributed by atoms with Crippen molar-refractivity contribution in [3.8, 4) is 34.9 Å². The molecule has 30 heteroatoms. The van der Waals surface area contributed by atoms with Crippen LogP contribution in [-0.2, 0) is 71.6 Å². The Hall–Kier alpha value is -11.3. The van der Waals surface area contributed by atoms with Crippen LogP contribution in [-0.4, -0.2) is 209 Å². The third kappa shape index (κ3) is 27.3. The molecule has 3 aromatic carbocycles. The SMILES string of the molecule is C=CCCCC1CC1(C)OC(=O)C[C@H](C(=O)N1C[C@H](Oc2nc3cc(OC)ccc3nc2C=C)[C@@H](CC)[C@H]1C(=O)OC(C)(C)C)C(C)(C)C.CC[C@@H]1[C@@H]2CN(C(=O)[C@H](C(C)(C)C)CC(=O)O[C@@]3(C)C[C@@H]3CCC/C=C/c3nc4ccc(OC)cc4nc3O2)[C@@H]1C(=O)OC(C)(C)C.CC[C@@H]1[C@@H]2CN(C(=O)[C@H](C(C)(C)C)CC(=O)O[C@]3(C)C[C@H]3CCC/C=C/c3nc4ccc(OC)cc4nc3O2)[C@@H]1C(=O)OC(C)(C)C. The molecule has 3 saturated carbocycles. The summed E-state index contributed by atoms with van der Waals surface area (Å²) >= 11 is 0. The van der Waals surface area contributed by atoms with Gasteiger partial charge in [-0.15, -0.1) is 6.58 Å². The highest BCUT2D eigenvalue weighted by Gasteiger charge is 2.60. The number of fused-ring (bicyclic) bond motifs is 11. The second kappa shape index (κ2) is 44.3. The number of amides is 3. The Morgan fingerprint density at radius 1 is 0.517 bits per heavy atom. The van der Waals surface area contributed by atoms with Crippen LogP contribution in [0.25, 0.3) is 51.3 Å². The Labute approximate surface area is 845 Å². The third-order valence-corrected chi connectivity index (χ3v) is 29.2. The predicted molar refractivity (Wildman–Crippen MR) is 547 cm³/mol. The molecule has 0 spiro atoms. The van der Waals surface area contributed by atoms with Crippen LogP contribution in [0.3, 0.4) is 0 Å². The van der Waals surface area contributed by atoms with E-state index in [0.29, 0.717) is 104 Å². The molecule has 0 radical (unpaired) electrons. The molecule has 14 rings (SSSR count). The summed E-state index contributed by atoms with van der Waals surface area (Å²) in [4.78, 5) is 160. The average molecular weight is 1980 g/mol. The molecule has 780 valence electrons. The molecule has 3 aliphatic carbocycles. The maximum Gasteiger partial charge on any atom is 0.329 e. The van der Waals surface area contributed by atoms with Gasteiger partial charge >= 0.3 is 35.8 Å². The fourth-order valence-electron chi connectivity index (χ4n) is 20.7. The van der Waals surface area contributed by atoms with E-state index in [9.17, 15) is 43.2 Å². The van der Waals surface area contributed by atoms with E-state index in [0.717, 1.165) is 77.0 Å². The number of esters is 6. The molecule has 0 N–H and O–H groups in total. The van der Waals surface area contributed by atoms with Gasteiger partial charge in [0.25, 0.3) is 0 Å². The lowest BCUT2D eigenvalue weighted by atomic mass is 9.77. The summed E-state index contributed by atoms with van der Waals surface area (Å²) in [7, 11) is 4.78. The highest BCUT2D eigenvalue weighted by Crippen LogP contribution is 2.54. The molecule has 3 saturated heterocycles. The van der Waals surface area contributed by atoms with E-state index in [4.69, 9.17) is 81.8 Å². The minimum Gasteiger partial charge on any atom is -0.497 e. The summed E-state index contributed by atoms with van der Waals surface area (Å²) < 4.78 is 71.9. The Morgan fingerprint density at radius 2 is 0.930 bits per heavy atom. The van der Waals surface area contributed by atoms with Crippen LogP contribution in [0.4, 0.5) is 0 Å². The number of rotatable bonds is 20. The molecular formula is C113H157N9O21. The van der Waals surface area contributed by atoms with Gasteiger partial charge in [-0.2, -0.15) is 0 Å². The quantitative estimate of drug-likeness (QED) is 0.0296. The largest absolute Gasteiger partial charge is 0.497 e. The number of likely N-dealkylation sites (tertiary alicyclic amines) is 1. The first kappa shape index (κ1) is 110. The lowest BCUT2D eigenvalue weighted by Crippen LogP contribution is -2.50. The molecule has 6 fully saturated rings. The fourth-order valence-corrected chi connectivity index (χ4v) is 20.7. The number of methoxy groups -OCH3 is 3. The Bertz CT molecular complexity index is 5500. The predicted octanol–water partition coefficient (Wildman–Crippen LogP) is 20.4. The van der Waals surface area contributed by atoms with E-state index in [-0.39, 0.29) is 86.3 Å². The van der Waals surface area contributed by atoms with Crippen molar-refractivity contribution in [1.82, 2.24) is 44.6 Å². The van der Waals surface area contributed by atoms with Crippen LogP contribution in [0, 0.1) is 69.5 Å². The Kier molecular flexibility index (Phi) is 34.2. The van der Waals surface area contributed by atoms with Crippen LogP contribution in [0.15, 0.2) is 86.0 Å². The standard InChI is InChI=1S/C39H55N3O7.2C37H51N3O7/c1-12-15-16-17-24-22-39(24,10)48-32(43)21-27(37(4,5)6)35(44)42-23-31(26(13-2)33(42)36(45)49-38(7,8)9)47-34-28(14-3)40-29-19-18-25(46-11)20-30(29)41-34;2*1-10-24-29-21-40(31(24)34(43)47-36(5,6)7)33(42)25(35(2,3)4)19-30(41)46-37(8)20-22(37)14-12-11-13-15-27-32(45-29)39-28-18-23(44-9)16-17-26(28)38-27/h12,14,18-20,24,26-27,31,33H,1,3,13,15-17,21-23H2,2,4-11H3;2*13,15-18,22,24-25,29,31H,10-12,14,19-21H2,1-9H3/b;2*15-13+/t24?,26-,27-,31+,33+,39?;22-,24+,25+,29-,31-,37-;22-,24-,25-,29+,31+,37-/m101/s1. The van der Waals surface area contributed by atoms with E-state index >= 15 is 0 Å². The fraction of sp³-hybridized carbons (Fsp3) is 0.637. The molecule has 3 amide bonds. The number of ether oxygens (including phenoxy) is 12. The van der Waals surface area contributed by atoms with Gasteiger partial charge in [-0.1, -0.05) is 108 Å². The maximum absolute atomic E-state index is 14.6. The lowest BCUT2D eigenvalue weighted by molar-refractivity contribution is -0.168. The second-order valence-electron chi connectivity index (χ2n) is 46.9. The highest BCUT2D eigenvalue weighted by atomic mass is 16.6. The van der Waals surface area contributed by atoms with E-state index < -0.39 is 146 Å². The molecule has 6 aromatic rings. The summed E-state index contributed by atoms with van der Waals surface area (Å²) in [6.07, 6.45) is 21.7. The van der Waals surface area contributed by atoms with E-state index in [1.54, 1.807) is 75.0 Å². The van der Waals surface area contributed by atoms with Crippen molar-refractivity contribution >= 4 is 105 Å². The number of hydrogen-bond acceptors (Lipinski definition) is 27. The molecule has 30 nitrogen and oxygen atoms in total. The van der Waals surface area contributed by atoms with Crippen LogP contribution in [0.5, 0.6) is 34.9 Å². The van der Waals surface area contributed by atoms with E-state index in [1.165, 1.54) is 0 Å². The summed E-state index contributed by atoms with van der Waals surface area (Å²) in [6.45, 7) is 53.6. The van der Waals surface area contributed by atoms with E-state index in [1.807, 2.05) is 206 Å². The number of aromatic nitrogens is 6. The van der Waals surface area contributed by atoms with Gasteiger partial charge in [0.05, 0.1) is 111 Å². The van der Waals surface area contributed by atoms with Crippen molar-refractivity contribution in [3.05, 3.63) is 103 Å². The first-order chi connectivity index (χ1) is 67.0. The highest BCUT2D eigenvalue weighted by molar-refractivity contribution is 5.93. The van der Waals surface area contributed by atoms with Crippen LogP contribution >= 0.6 is 0 Å². The summed E-state index contributed by atoms with van der Waals surface area (Å²) in [5.74, 6) is -3.30. The van der Waals surface area contributed by atoms with Gasteiger partial charge in [0, 0.05) is 53.7 Å². The minimum absolute atomic E-state index is 0.0740. The zero-order valence-corrected chi connectivity index (χ0v) is 89.7. The van der Waals surface area contributed by atoms with Gasteiger partial charge in [0.15, 0.2) is 0 Å². The first-order valence-corrected chi connectivity index (χ1v) is 51.4. The topological polar surface area (TPSA) is 351 Å². The summed E-state index contributed by atoms with van der Waals surface area (Å²) in [5, 5.41) is 0. The molecule has 8 heterocycles. The molecule has 5 aliphatic heterocycles. The molecule has 18 atom stereocenters. The van der Waals surface area contributed by atoms with Crippen molar-refractivity contribution in [2.75, 3.05) is 41.0 Å². The Morgan fingerprint density at radius 3 is 1.31 bits per heavy atom. The van der Waals surface area contributed by atoms with Gasteiger partial charge in [-0.3, -0.25) is 28.8 Å². The number of hydrogen-bond donors (Lipinski definition) is 0. The number of allylic oxidation sites excluding steroid dienone is 3. The smallest absolute Gasteiger partial charge is 0.329 e. The van der Waals surface area contributed by atoms with Crippen molar-refractivity contribution in [2.24, 2.45) is 69.5 Å². The van der Waals surface area contributed by atoms with E-state index in [2.05, 4.69) is 30.3 Å². The number of nitrogens with zero attached hydrogens (tertiary/aromatic N) is 9. The molecule has 143 heavy (non-hydrogen) atoms. The average Bonchev–Trinajstić information content (AvgIpc) is 1.62. The molecule has 2 unspecified atom stereocenters. The van der Waals surface area contributed by atoms with Crippen molar-refractivity contribution in [3.63, 3.8) is 0 Å². The second-order valence-corrected chi connectivity index (χ2v) is 46.9. The Balaban J connectivity index is 0.000000191. The molecule has 4 bridgehead atoms. The molecular weight excluding hydrogens is 1820 g/mol. The maximum atomic E-state index is 14.6. The number of carbonyl (C=O) groups is 9. The lowest BCUT2D eigenvalue weighted by Gasteiger charge is -2.35. The van der Waals surface area contributed by atoms with Gasteiger partial charge in [0.1, 0.15) is 104 Å². The van der Waals surface area contributed by atoms with Crippen molar-refractivity contribution in [2.45, 2.75) is 352 Å². The minimum atomic E-state index is -0.932. The number of benzene rings is 3. The number of unbranched alkanes of at least 4 members (excludes halogenated alkanes) is 1. The van der Waals surface area contributed by atoms with Gasteiger partial charge in [-0.25, -0.2) is 44.3 Å². The van der Waals surface area contributed by atoms with Crippen LogP contribution in [0.1, 0.15) is 299 Å². The van der Waals surface area contributed by atoms with Gasteiger partial charge in [0.2, 0.25) is 35.4 Å². The van der Waals surface area contributed by atoms with Gasteiger partial charge in [-0.05, 0) is 250 Å². The van der Waals surface area contributed by atoms with Crippen molar-refractivity contribution in [1.29, 1.82) is 0 Å². The zero-order chi connectivity index (χ0) is 105. The molecule has 3 aromatic heterocycles. The van der Waals surface area contributed by atoms with Crippen LogP contribution in [0.2, 0.25) is 0 Å². The van der Waals surface area contributed by atoms with Crippen molar-refractivity contribution < 1.29 is 100.0 Å². The number of carbonyl (C=O) groups excluding carboxylic acids is 9. The first-order valence-electron chi connectivity index (χ1n) is 51.4. The zero-order valence-electron chi connectivity index (χ0n) is 89.7. The van der Waals surface area contributed by atoms with Gasteiger partial charge < -0.3 is 71.5 Å². The summed E-state index contributed by atoms with van der Waals surface area (Å²) in [5.41, 5.74) is -0.200. The normalized spacial score (nSPS) is 27.7. The summed E-state index contributed by atoms with van der Waals surface area (Å²) in [6, 6.07) is 13.7. The molecule has 8 aliphatic rings.